The summed E-state index contributed by atoms with van der Waals surface area (Å²) in [5.41, 5.74) is 0.469. The van der Waals surface area contributed by atoms with Crippen LogP contribution < -0.4 is 5.32 Å². The van der Waals surface area contributed by atoms with Crippen molar-refractivity contribution in [3.05, 3.63) is 29.8 Å². The average Bonchev–Trinajstić information content (AvgIpc) is 2.48. The number of sulfonamides is 1. The van der Waals surface area contributed by atoms with Crippen LogP contribution in [0.1, 0.15) is 18.4 Å². The maximum Gasteiger partial charge on any atom is 0.243 e. The van der Waals surface area contributed by atoms with Crippen molar-refractivity contribution in [3.63, 3.8) is 0 Å². The van der Waals surface area contributed by atoms with E-state index in [1.54, 1.807) is 16.4 Å². The first kappa shape index (κ1) is 15.0. The van der Waals surface area contributed by atoms with Crippen molar-refractivity contribution in [2.75, 3.05) is 26.7 Å². The monoisotopic (exact) mass is 293 g/mol. The fourth-order valence-corrected chi connectivity index (χ4v) is 3.96. The third kappa shape index (κ3) is 3.18. The summed E-state index contributed by atoms with van der Waals surface area (Å²) in [6, 6.07) is 8.09. The number of hydrogen-bond donors (Lipinski definition) is 1. The minimum Gasteiger partial charge on any atom is -0.319 e. The summed E-state index contributed by atoms with van der Waals surface area (Å²) in [6.45, 7) is 2.06. The van der Waals surface area contributed by atoms with Crippen LogP contribution in [0.25, 0.3) is 0 Å². The van der Waals surface area contributed by atoms with Gasteiger partial charge in [-0.25, -0.2) is 8.42 Å². The minimum absolute atomic E-state index is 0.267. The number of rotatable bonds is 4. The molecule has 108 valence electrons. The molecule has 0 atom stereocenters. The Bertz CT molecular complexity index is 582. The molecule has 0 spiro atoms. The van der Waals surface area contributed by atoms with Crippen LogP contribution in [0.4, 0.5) is 0 Å². The maximum absolute atomic E-state index is 12.5. The number of hydrogen-bond acceptors (Lipinski definition) is 4. The topological polar surface area (TPSA) is 73.2 Å². The molecule has 1 aromatic carbocycles. The Morgan fingerprint density at radius 2 is 1.90 bits per heavy atom. The van der Waals surface area contributed by atoms with E-state index in [4.69, 9.17) is 5.26 Å². The van der Waals surface area contributed by atoms with Gasteiger partial charge in [-0.15, -0.1) is 0 Å². The summed E-state index contributed by atoms with van der Waals surface area (Å²) >= 11 is 0. The van der Waals surface area contributed by atoms with Crippen molar-refractivity contribution >= 4 is 10.0 Å². The zero-order valence-corrected chi connectivity index (χ0v) is 12.4. The Hall–Kier alpha value is -1.42. The molecule has 1 saturated heterocycles. The highest BCUT2D eigenvalue weighted by molar-refractivity contribution is 7.89. The van der Waals surface area contributed by atoms with Gasteiger partial charge in [-0.1, -0.05) is 0 Å². The fraction of sp³-hybridized carbons (Fsp3) is 0.500. The summed E-state index contributed by atoms with van der Waals surface area (Å²) < 4.78 is 26.5. The minimum atomic E-state index is -3.42. The molecule has 20 heavy (non-hydrogen) atoms. The third-order valence-corrected chi connectivity index (χ3v) is 5.60. The molecule has 1 aliphatic heterocycles. The second-order valence-corrected chi connectivity index (χ2v) is 6.98. The second-order valence-electron chi connectivity index (χ2n) is 5.04. The molecule has 6 heteroatoms. The maximum atomic E-state index is 12.5. The van der Waals surface area contributed by atoms with E-state index in [1.807, 2.05) is 13.1 Å². The normalized spacial score (nSPS) is 17.8. The molecule has 1 fully saturated rings. The molecular weight excluding hydrogens is 274 g/mol. The molecule has 0 radical (unpaired) electrons. The summed E-state index contributed by atoms with van der Waals surface area (Å²) in [4.78, 5) is 0.267. The highest BCUT2D eigenvalue weighted by Crippen LogP contribution is 2.23. The van der Waals surface area contributed by atoms with Crippen molar-refractivity contribution in [3.8, 4) is 6.07 Å². The van der Waals surface area contributed by atoms with Crippen molar-refractivity contribution < 1.29 is 8.42 Å². The predicted molar refractivity (Wildman–Crippen MR) is 76.6 cm³/mol. The van der Waals surface area contributed by atoms with E-state index in [0.29, 0.717) is 24.6 Å². The number of piperidine rings is 1. The van der Waals surface area contributed by atoms with Gasteiger partial charge < -0.3 is 5.32 Å². The molecule has 1 aromatic rings. The second kappa shape index (κ2) is 6.35. The first-order valence-corrected chi connectivity index (χ1v) is 8.17. The van der Waals surface area contributed by atoms with Crippen LogP contribution >= 0.6 is 0 Å². The number of nitrogens with zero attached hydrogens (tertiary/aromatic N) is 2. The number of nitrogens with one attached hydrogen (secondary N) is 1. The Morgan fingerprint density at radius 3 is 2.40 bits per heavy atom. The highest BCUT2D eigenvalue weighted by atomic mass is 32.2. The molecule has 0 aromatic heterocycles. The lowest BCUT2D eigenvalue weighted by Gasteiger charge is -2.31. The SMILES string of the molecule is CNCC1CCN(S(=O)(=O)c2ccc(C#N)cc2)CC1. The van der Waals surface area contributed by atoms with Crippen LogP contribution in [0.15, 0.2) is 29.2 Å². The standard InChI is InChI=1S/C14H19N3O2S/c1-16-11-13-6-8-17(9-7-13)20(18,19)14-4-2-12(10-15)3-5-14/h2-5,13,16H,6-9,11H2,1H3. The van der Waals surface area contributed by atoms with Crippen LogP contribution in [-0.2, 0) is 10.0 Å². The molecule has 1 aliphatic rings. The van der Waals surface area contributed by atoms with Crippen molar-refractivity contribution in [2.24, 2.45) is 5.92 Å². The summed E-state index contributed by atoms with van der Waals surface area (Å²) in [5, 5.41) is 11.9. The van der Waals surface area contributed by atoms with Gasteiger partial charge in [-0.05, 0) is 56.6 Å². The van der Waals surface area contributed by atoms with Gasteiger partial charge in [0.15, 0.2) is 0 Å². The Kier molecular flexibility index (Phi) is 4.76. The third-order valence-electron chi connectivity index (χ3n) is 3.69. The van der Waals surface area contributed by atoms with E-state index < -0.39 is 10.0 Å². The number of nitriles is 1. The number of benzene rings is 1. The molecule has 2 rings (SSSR count). The Balaban J connectivity index is 2.09. The van der Waals surface area contributed by atoms with Gasteiger partial charge in [0, 0.05) is 13.1 Å². The smallest absolute Gasteiger partial charge is 0.243 e. The Labute approximate surface area is 120 Å². The molecule has 0 amide bonds. The molecule has 5 nitrogen and oxygen atoms in total. The van der Waals surface area contributed by atoms with Crippen LogP contribution in [-0.4, -0.2) is 39.4 Å². The van der Waals surface area contributed by atoms with Crippen molar-refractivity contribution in [2.45, 2.75) is 17.7 Å². The molecular formula is C14H19N3O2S. The zero-order valence-electron chi connectivity index (χ0n) is 11.5. The Morgan fingerprint density at radius 1 is 1.30 bits per heavy atom. The quantitative estimate of drug-likeness (QED) is 0.904. The predicted octanol–water partition coefficient (Wildman–Crippen LogP) is 1.18. The zero-order chi connectivity index (χ0) is 14.6. The van der Waals surface area contributed by atoms with Crippen LogP contribution in [0.2, 0.25) is 0 Å². The van der Waals surface area contributed by atoms with Crippen molar-refractivity contribution in [1.82, 2.24) is 9.62 Å². The van der Waals surface area contributed by atoms with Gasteiger partial charge in [-0.3, -0.25) is 0 Å². The van der Waals surface area contributed by atoms with Gasteiger partial charge >= 0.3 is 0 Å². The van der Waals surface area contributed by atoms with Crippen molar-refractivity contribution in [1.29, 1.82) is 5.26 Å². The van der Waals surface area contributed by atoms with Gasteiger partial charge in [0.05, 0.1) is 16.5 Å². The molecule has 0 saturated carbocycles. The van der Waals surface area contributed by atoms with Crippen LogP contribution in [0.5, 0.6) is 0 Å². The lowest BCUT2D eigenvalue weighted by Crippen LogP contribution is -2.40. The van der Waals surface area contributed by atoms with Gasteiger partial charge in [0.1, 0.15) is 0 Å². The summed E-state index contributed by atoms with van der Waals surface area (Å²) in [7, 11) is -1.51. The fourth-order valence-electron chi connectivity index (χ4n) is 2.49. The summed E-state index contributed by atoms with van der Waals surface area (Å²) in [5.74, 6) is 0.549. The van der Waals surface area contributed by atoms with E-state index in [2.05, 4.69) is 5.32 Å². The first-order valence-electron chi connectivity index (χ1n) is 6.73. The lowest BCUT2D eigenvalue weighted by atomic mass is 9.98. The molecule has 0 unspecified atom stereocenters. The lowest BCUT2D eigenvalue weighted by molar-refractivity contribution is 0.270. The highest BCUT2D eigenvalue weighted by Gasteiger charge is 2.28. The van der Waals surface area contributed by atoms with Gasteiger partial charge in [0.25, 0.3) is 0 Å². The molecule has 1 N–H and O–H groups in total. The average molecular weight is 293 g/mol. The first-order chi connectivity index (χ1) is 9.57. The van der Waals surface area contributed by atoms with E-state index in [0.717, 1.165) is 19.4 Å². The molecule has 1 heterocycles. The van der Waals surface area contributed by atoms with E-state index in [9.17, 15) is 8.42 Å². The van der Waals surface area contributed by atoms with Gasteiger partial charge in [-0.2, -0.15) is 9.57 Å². The van der Waals surface area contributed by atoms with E-state index in [-0.39, 0.29) is 4.90 Å². The van der Waals surface area contributed by atoms with Gasteiger partial charge in [0.2, 0.25) is 10.0 Å². The summed E-state index contributed by atoms with van der Waals surface area (Å²) in [6.07, 6.45) is 1.77. The largest absolute Gasteiger partial charge is 0.319 e. The van der Waals surface area contributed by atoms with Crippen LogP contribution in [0, 0.1) is 17.2 Å². The molecule has 0 aliphatic carbocycles. The van der Waals surface area contributed by atoms with E-state index >= 15 is 0 Å². The van der Waals surface area contributed by atoms with E-state index in [1.165, 1.54) is 12.1 Å². The van der Waals surface area contributed by atoms with Crippen LogP contribution in [0.3, 0.4) is 0 Å². The molecule has 0 bridgehead atoms.